The minimum Gasteiger partial charge on any atom is -0.463 e. The number of hydrogen-bond acceptors (Lipinski definition) is 14. The molecule has 5 atom stereocenters. The maximum atomic E-state index is 13.0. The Morgan fingerprint density at radius 2 is 0.505 bits per heavy atom. The maximum absolute atomic E-state index is 13.0. The molecule has 99 heavy (non-hydrogen) atoms. The molecule has 18 heteroatoms. The molecule has 0 saturated carbocycles. The monoisotopic (exact) mass is 1420 g/mol. The van der Waals surface area contributed by atoms with E-state index in [4.69, 9.17) is 32.3 Å². The van der Waals surface area contributed by atoms with E-state index in [1.807, 2.05) is 0 Å². The van der Waals surface area contributed by atoms with Crippen LogP contribution in [-0.4, -0.2) is 95.9 Å². The largest absolute Gasteiger partial charge is 0.472 e. The lowest BCUT2D eigenvalue weighted by Gasteiger charge is -2.21. The Kier molecular flexibility index (Phi) is 68.5. The minimum atomic E-state index is -4.95. The molecule has 0 amide bonds. The third kappa shape index (κ3) is 73.7. The number of esters is 3. The summed E-state index contributed by atoms with van der Waals surface area (Å²) in [5.74, 6) is -1.65. The highest BCUT2D eigenvalue weighted by atomic mass is 31.2. The molecule has 560 valence electrons. The van der Waals surface area contributed by atoms with Gasteiger partial charge in [0.2, 0.25) is 0 Å². The zero-order valence-corrected chi connectivity index (χ0v) is 62.6. The van der Waals surface area contributed by atoms with Crippen LogP contribution >= 0.6 is 15.6 Å². The van der Waals surface area contributed by atoms with Gasteiger partial charge in [0.25, 0.3) is 0 Å². The molecule has 0 aliphatic heterocycles. The van der Waals surface area contributed by atoms with E-state index >= 15 is 0 Å². The molecule has 0 aliphatic rings. The lowest BCUT2D eigenvalue weighted by molar-refractivity contribution is -0.161. The molecule has 0 aromatic carbocycles. The quantitative estimate of drug-likeness (QED) is 0.0146. The molecule has 0 rings (SSSR count). The van der Waals surface area contributed by atoms with E-state index in [9.17, 15) is 43.5 Å². The van der Waals surface area contributed by atoms with E-state index in [-0.39, 0.29) is 19.3 Å². The van der Waals surface area contributed by atoms with Gasteiger partial charge >= 0.3 is 33.6 Å². The Labute approximate surface area is 598 Å². The first-order valence-electron chi connectivity index (χ1n) is 37.1. The molecule has 0 bridgehead atoms. The number of hydrogen-bond donors (Lipinski definition) is 4. The molecule has 0 heterocycles. The standard InChI is InChI=1S/C81H130O16P2/c1-4-7-10-13-16-19-22-25-28-31-34-37-40-43-46-49-52-55-58-61-64-67-79(84)91-70-76(82)71-93-98(87,88)94-72-77(83)73-95-99(89,90)96-75-78(97-81(86)69-66-63-60-57-54-51-48-45-42-39-36-33-30-27-24-21-18-15-12-9-6-3)74-92-80(85)68-65-62-59-56-53-50-47-44-41-38-35-32-29-26-23-20-17-14-11-8-5-2/h7-12,16-21,25-30,34-39,43-48,76-78,82-83H,4-6,13-15,22-24,31-33,40-42,49-75H2,1-3H3,(H,87,88)(H,89,90)/b10-7-,11-8-,12-9-,19-16-,20-17-,21-18-,28-25-,29-26-,30-27-,37-34-,38-35-,39-36-,46-43-,47-44-,48-45-. The summed E-state index contributed by atoms with van der Waals surface area (Å²) in [6.07, 6.45) is 92.1. The number of aliphatic hydroxyl groups excluding tert-OH is 2. The van der Waals surface area contributed by atoms with Crippen molar-refractivity contribution in [3.63, 3.8) is 0 Å². The van der Waals surface area contributed by atoms with Gasteiger partial charge < -0.3 is 34.2 Å². The highest BCUT2D eigenvalue weighted by Gasteiger charge is 2.29. The summed E-state index contributed by atoms with van der Waals surface area (Å²) in [6.45, 7) is 2.24. The Hall–Kier alpha value is -5.35. The van der Waals surface area contributed by atoms with E-state index in [1.54, 1.807) is 0 Å². The number of aliphatic hydroxyl groups is 2. The summed E-state index contributed by atoms with van der Waals surface area (Å²) < 4.78 is 61.1. The highest BCUT2D eigenvalue weighted by molar-refractivity contribution is 7.47. The Morgan fingerprint density at radius 1 is 0.283 bits per heavy atom. The van der Waals surface area contributed by atoms with Gasteiger partial charge in [-0.15, -0.1) is 0 Å². The van der Waals surface area contributed by atoms with Crippen molar-refractivity contribution in [3.05, 3.63) is 182 Å². The molecule has 0 saturated heterocycles. The van der Waals surface area contributed by atoms with Gasteiger partial charge in [-0.1, -0.05) is 261 Å². The van der Waals surface area contributed by atoms with Crippen LogP contribution in [0.3, 0.4) is 0 Å². The second kappa shape index (κ2) is 72.4. The Bertz CT molecular complexity index is 2530. The smallest absolute Gasteiger partial charge is 0.463 e. The average molecular weight is 1420 g/mol. The second-order valence-corrected chi connectivity index (χ2v) is 26.9. The number of unbranched alkanes of at least 4 members (excludes halogenated alkanes) is 15. The van der Waals surface area contributed by atoms with Crippen LogP contribution in [-0.2, 0) is 55.8 Å². The zero-order valence-electron chi connectivity index (χ0n) is 60.8. The molecule has 0 aromatic heterocycles. The molecule has 0 aromatic rings. The summed E-state index contributed by atoms with van der Waals surface area (Å²) in [7, 11) is -9.82. The first kappa shape index (κ1) is 93.6. The van der Waals surface area contributed by atoms with Crippen molar-refractivity contribution in [2.75, 3.05) is 39.6 Å². The molecule has 0 spiro atoms. The van der Waals surface area contributed by atoms with Gasteiger partial charge in [0.1, 0.15) is 25.4 Å². The van der Waals surface area contributed by atoms with Gasteiger partial charge in [-0.2, -0.15) is 0 Å². The summed E-state index contributed by atoms with van der Waals surface area (Å²) in [5.41, 5.74) is 0. The molecule has 16 nitrogen and oxygen atoms in total. The van der Waals surface area contributed by atoms with Crippen molar-refractivity contribution < 1.29 is 75.8 Å². The third-order valence-electron chi connectivity index (χ3n) is 14.6. The predicted octanol–water partition coefficient (Wildman–Crippen LogP) is 21.4. The number of allylic oxidation sites excluding steroid dienone is 30. The number of rotatable bonds is 68. The number of phosphoric ester groups is 2. The van der Waals surface area contributed by atoms with Crippen LogP contribution in [0.4, 0.5) is 0 Å². The third-order valence-corrected chi connectivity index (χ3v) is 16.5. The average Bonchev–Trinajstić information content (AvgIpc) is 1.82. The number of carbonyl (C=O) groups is 3. The zero-order chi connectivity index (χ0) is 72.3. The van der Waals surface area contributed by atoms with E-state index in [0.717, 1.165) is 193 Å². The van der Waals surface area contributed by atoms with Crippen LogP contribution < -0.4 is 0 Å². The Morgan fingerprint density at radius 3 is 0.798 bits per heavy atom. The second-order valence-electron chi connectivity index (χ2n) is 23.9. The van der Waals surface area contributed by atoms with Crippen molar-refractivity contribution in [1.29, 1.82) is 0 Å². The molecule has 0 aliphatic carbocycles. The van der Waals surface area contributed by atoms with Crippen molar-refractivity contribution in [2.45, 2.75) is 270 Å². The number of ether oxygens (including phenoxy) is 3. The fraction of sp³-hybridized carbons (Fsp3) is 0.593. The van der Waals surface area contributed by atoms with E-state index in [1.165, 1.54) is 0 Å². The van der Waals surface area contributed by atoms with Gasteiger partial charge in [0.05, 0.1) is 26.4 Å². The highest BCUT2D eigenvalue weighted by Crippen LogP contribution is 2.45. The minimum absolute atomic E-state index is 0.0691. The maximum Gasteiger partial charge on any atom is 0.472 e. The van der Waals surface area contributed by atoms with Crippen molar-refractivity contribution >= 4 is 33.6 Å². The number of carbonyl (C=O) groups excluding carboxylic acids is 3. The lowest BCUT2D eigenvalue weighted by Crippen LogP contribution is -2.30. The Balaban J connectivity index is 4.81. The van der Waals surface area contributed by atoms with Gasteiger partial charge in [-0.3, -0.25) is 32.5 Å². The van der Waals surface area contributed by atoms with Crippen LogP contribution in [0.2, 0.25) is 0 Å². The van der Waals surface area contributed by atoms with Crippen LogP contribution in [0.1, 0.15) is 252 Å². The first-order chi connectivity index (χ1) is 48.2. The van der Waals surface area contributed by atoms with Crippen molar-refractivity contribution in [2.24, 2.45) is 0 Å². The van der Waals surface area contributed by atoms with Crippen molar-refractivity contribution in [1.82, 2.24) is 0 Å². The summed E-state index contributed by atoms with van der Waals surface area (Å²) in [4.78, 5) is 58.6. The fourth-order valence-corrected chi connectivity index (χ4v) is 10.6. The molecule has 0 radical (unpaired) electrons. The molecule has 4 N–H and O–H groups in total. The summed E-state index contributed by atoms with van der Waals surface area (Å²) in [6, 6.07) is 0. The normalized spacial score (nSPS) is 15.1. The first-order valence-corrected chi connectivity index (χ1v) is 40.1. The van der Waals surface area contributed by atoms with Gasteiger partial charge in [0, 0.05) is 19.3 Å². The topological polar surface area (TPSA) is 231 Å². The van der Waals surface area contributed by atoms with Crippen LogP contribution in [0.25, 0.3) is 0 Å². The van der Waals surface area contributed by atoms with Gasteiger partial charge in [0.15, 0.2) is 6.10 Å². The van der Waals surface area contributed by atoms with Gasteiger partial charge in [-0.05, 0) is 154 Å². The summed E-state index contributed by atoms with van der Waals surface area (Å²) >= 11 is 0. The van der Waals surface area contributed by atoms with Crippen molar-refractivity contribution in [3.8, 4) is 0 Å². The van der Waals surface area contributed by atoms with E-state index in [2.05, 4.69) is 203 Å². The van der Waals surface area contributed by atoms with E-state index in [0.29, 0.717) is 19.3 Å². The lowest BCUT2D eigenvalue weighted by atomic mass is 10.1. The molecular weight excluding hydrogens is 1290 g/mol. The van der Waals surface area contributed by atoms with Gasteiger partial charge in [-0.25, -0.2) is 9.13 Å². The van der Waals surface area contributed by atoms with Crippen LogP contribution in [0, 0.1) is 0 Å². The SMILES string of the molecule is CC/C=C\C/C=C\C/C=C\C/C=C\C/C=C\CCCCCCCC(=O)OCC(O)COP(=O)(O)OCC(O)COP(=O)(O)OCC(COC(=O)CCCCCCC/C=C\C/C=C\C/C=C\C/C=C\C/C=C\CC)OC(=O)CCCCCCC/C=C\C/C=C\C/C=C\C/C=C\C/C=C\CC. The van der Waals surface area contributed by atoms with Crippen LogP contribution in [0.15, 0.2) is 182 Å². The molecule has 5 unspecified atom stereocenters. The fourth-order valence-electron chi connectivity index (χ4n) is 9.06. The van der Waals surface area contributed by atoms with Crippen LogP contribution in [0.5, 0.6) is 0 Å². The van der Waals surface area contributed by atoms with E-state index < -0.39 is 91.5 Å². The molecule has 0 fully saturated rings. The molecular formula is C81H130O16P2. The summed E-state index contributed by atoms with van der Waals surface area (Å²) in [5, 5.41) is 20.6. The predicted molar refractivity (Wildman–Crippen MR) is 408 cm³/mol. The number of phosphoric acid groups is 2.